The van der Waals surface area contributed by atoms with Gasteiger partial charge in [0.25, 0.3) is 6.33 Å². The number of fused-ring (bicyclic) bond motifs is 6. The molecule has 3 heterocycles. The summed E-state index contributed by atoms with van der Waals surface area (Å²) in [6.45, 7) is 6.94. The lowest BCUT2D eigenvalue weighted by Crippen LogP contribution is -2.49. The van der Waals surface area contributed by atoms with Crippen molar-refractivity contribution >= 4 is 40.4 Å². The first-order valence-corrected chi connectivity index (χ1v) is 15.8. The summed E-state index contributed by atoms with van der Waals surface area (Å²) < 4.78 is 8.77. The van der Waals surface area contributed by atoms with E-state index in [1.807, 2.05) is 42.3 Å². The average molecular weight is 509 g/mol. The van der Waals surface area contributed by atoms with E-state index < -0.39 is 8.07 Å². The van der Waals surface area contributed by atoms with E-state index in [9.17, 15) is 5.26 Å². The molecule has 0 aliphatic carbocycles. The Morgan fingerprint density at radius 1 is 0.842 bits per heavy atom. The smallest absolute Gasteiger partial charge is 0.286 e. The van der Waals surface area contributed by atoms with Gasteiger partial charge in [-0.1, -0.05) is 66.6 Å². The summed E-state index contributed by atoms with van der Waals surface area (Å²) in [5.74, 6) is 0. The molecule has 182 valence electrons. The van der Waals surface area contributed by atoms with Crippen molar-refractivity contribution in [3.05, 3.63) is 96.4 Å². The third kappa shape index (κ3) is 3.01. The molecule has 0 radical (unpaired) electrons. The maximum Gasteiger partial charge on any atom is 0.286 e. The predicted octanol–water partition coefficient (Wildman–Crippen LogP) is 6.12. The van der Waals surface area contributed by atoms with Gasteiger partial charge in [0.1, 0.15) is 31.1 Å². The second kappa shape index (κ2) is 7.98. The highest BCUT2D eigenvalue weighted by atomic mass is 28.3. The van der Waals surface area contributed by atoms with Gasteiger partial charge in [-0.05, 0) is 57.8 Å². The third-order valence-corrected chi connectivity index (χ3v) is 11.8. The molecule has 0 bridgehead atoms. The van der Waals surface area contributed by atoms with Crippen LogP contribution in [0.2, 0.25) is 13.1 Å². The number of rotatable bonds is 2. The van der Waals surface area contributed by atoms with E-state index in [0.29, 0.717) is 5.56 Å². The Morgan fingerprint density at radius 2 is 1.58 bits per heavy atom. The Morgan fingerprint density at radius 3 is 2.37 bits per heavy atom. The lowest BCUT2D eigenvalue weighted by Gasteiger charge is -2.18. The minimum atomic E-state index is -1.76. The van der Waals surface area contributed by atoms with Crippen molar-refractivity contribution in [2.75, 3.05) is 0 Å². The molecular weight excluding hydrogens is 482 g/mol. The zero-order valence-electron chi connectivity index (χ0n) is 21.8. The number of aromatic nitrogens is 2. The molecule has 0 saturated heterocycles. The van der Waals surface area contributed by atoms with E-state index in [1.165, 1.54) is 21.5 Å². The zero-order valence-corrected chi connectivity index (χ0v) is 22.8. The van der Waals surface area contributed by atoms with Crippen molar-refractivity contribution < 1.29 is 8.98 Å². The quantitative estimate of drug-likeness (QED) is 0.209. The summed E-state index contributed by atoms with van der Waals surface area (Å²) >= 11 is 0. The number of hydrogen-bond donors (Lipinski definition) is 0. The van der Waals surface area contributed by atoms with Crippen LogP contribution in [0, 0.1) is 18.3 Å². The van der Waals surface area contributed by atoms with Gasteiger partial charge >= 0.3 is 0 Å². The maximum absolute atomic E-state index is 10.2. The topological polar surface area (TPSA) is 53.7 Å². The Hall–Kier alpha value is -4.53. The summed E-state index contributed by atoms with van der Waals surface area (Å²) in [6.07, 6.45) is 3.62. The zero-order chi connectivity index (χ0) is 26.2. The molecular formula is C33H26N3OSi+. The Labute approximate surface area is 222 Å². The summed E-state index contributed by atoms with van der Waals surface area (Å²) in [7, 11) is 0.236. The minimum absolute atomic E-state index is 0.618. The van der Waals surface area contributed by atoms with Gasteiger partial charge < -0.3 is 4.42 Å². The molecule has 0 N–H and O–H groups in total. The summed E-state index contributed by atoms with van der Waals surface area (Å²) in [5.41, 5.74) is 9.88. The van der Waals surface area contributed by atoms with Crippen molar-refractivity contribution in [3.8, 4) is 39.6 Å². The van der Waals surface area contributed by atoms with Gasteiger partial charge in [0.2, 0.25) is 0 Å². The lowest BCUT2D eigenvalue weighted by molar-refractivity contribution is -0.663. The predicted molar refractivity (Wildman–Crippen MR) is 155 cm³/mol. The molecule has 1 aliphatic rings. The molecule has 4 aromatic carbocycles. The number of furan rings is 1. The van der Waals surface area contributed by atoms with Crippen molar-refractivity contribution in [3.63, 3.8) is 0 Å². The van der Waals surface area contributed by atoms with Crippen LogP contribution in [0.25, 0.3) is 55.4 Å². The summed E-state index contributed by atoms with van der Waals surface area (Å²) in [5, 5.41) is 15.1. The van der Waals surface area contributed by atoms with Crippen LogP contribution in [0.1, 0.15) is 11.1 Å². The number of benzene rings is 4. The normalized spacial score (nSPS) is 13.4. The second-order valence-electron chi connectivity index (χ2n) is 10.7. The van der Waals surface area contributed by atoms with Crippen LogP contribution in [0.3, 0.4) is 0 Å². The Bertz CT molecular complexity index is 1990. The van der Waals surface area contributed by atoms with Crippen LogP contribution in [0.4, 0.5) is 0 Å². The standard InChI is InChI=1S/C33H26N3OSi/c1-20-9-12-24-25-13-10-22(18-34)31(33(25)37-32(24)30(20)27-15-16-35-19-36(27)2)21-11-14-29-26(17-21)23-7-5-6-8-28(23)38(29,3)4/h5-17,19H,1-4H3/q+1. The maximum atomic E-state index is 10.2. The van der Waals surface area contributed by atoms with E-state index in [2.05, 4.69) is 85.7 Å². The Balaban J connectivity index is 1.54. The summed E-state index contributed by atoms with van der Waals surface area (Å²) in [4.78, 5) is 4.25. The highest BCUT2D eigenvalue weighted by molar-refractivity contribution is 7.03. The van der Waals surface area contributed by atoms with Gasteiger partial charge in [-0.3, -0.25) is 0 Å². The highest BCUT2D eigenvalue weighted by Gasteiger charge is 2.37. The molecule has 5 heteroatoms. The van der Waals surface area contributed by atoms with Crippen molar-refractivity contribution in [1.82, 2.24) is 4.98 Å². The number of aryl methyl sites for hydroxylation is 2. The van der Waals surface area contributed by atoms with Crippen molar-refractivity contribution in [1.29, 1.82) is 5.26 Å². The molecule has 7 rings (SSSR count). The summed E-state index contributed by atoms with van der Waals surface area (Å²) in [6, 6.07) is 28.2. The minimum Gasteiger partial charge on any atom is -0.455 e. The van der Waals surface area contributed by atoms with Gasteiger partial charge in [0.15, 0.2) is 0 Å². The van der Waals surface area contributed by atoms with Gasteiger partial charge in [0, 0.05) is 22.4 Å². The number of hydrogen-bond acceptors (Lipinski definition) is 3. The van der Waals surface area contributed by atoms with E-state index >= 15 is 0 Å². The van der Waals surface area contributed by atoms with Crippen LogP contribution >= 0.6 is 0 Å². The van der Waals surface area contributed by atoms with Crippen LogP contribution in [-0.4, -0.2) is 13.1 Å². The van der Waals surface area contributed by atoms with E-state index in [-0.39, 0.29) is 0 Å². The fourth-order valence-electron chi connectivity index (χ4n) is 6.27. The molecule has 1 aliphatic heterocycles. The van der Waals surface area contributed by atoms with E-state index in [4.69, 9.17) is 4.42 Å². The highest BCUT2D eigenvalue weighted by Crippen LogP contribution is 2.42. The van der Waals surface area contributed by atoms with Crippen LogP contribution in [0.15, 0.2) is 89.7 Å². The SMILES string of the molecule is Cc1ccc2c(oc3c(-c4ccc5c(c4)-c4ccccc4[Si]5(C)C)c(C#N)ccc32)c1-c1ccnc[n+]1C. The molecule has 2 aromatic heterocycles. The fourth-order valence-corrected chi connectivity index (χ4v) is 9.34. The lowest BCUT2D eigenvalue weighted by atomic mass is 9.94. The fraction of sp³-hybridized carbons (Fsp3) is 0.121. The van der Waals surface area contributed by atoms with Crippen LogP contribution in [-0.2, 0) is 7.05 Å². The molecule has 6 aromatic rings. The Kier molecular flexibility index (Phi) is 4.76. The molecule has 4 nitrogen and oxygen atoms in total. The number of nitrogens with zero attached hydrogens (tertiary/aromatic N) is 3. The van der Waals surface area contributed by atoms with Gasteiger partial charge in [0.05, 0.1) is 24.2 Å². The molecule has 0 fully saturated rings. The van der Waals surface area contributed by atoms with E-state index in [0.717, 1.165) is 49.9 Å². The van der Waals surface area contributed by atoms with Crippen molar-refractivity contribution in [2.24, 2.45) is 7.05 Å². The first-order chi connectivity index (χ1) is 18.4. The molecule has 0 spiro atoms. The molecule has 0 atom stereocenters. The van der Waals surface area contributed by atoms with Gasteiger partial charge in [-0.2, -0.15) is 5.26 Å². The third-order valence-electron chi connectivity index (χ3n) is 8.21. The second-order valence-corrected chi connectivity index (χ2v) is 15.0. The van der Waals surface area contributed by atoms with Crippen LogP contribution < -0.4 is 14.9 Å². The average Bonchev–Trinajstić information content (AvgIpc) is 3.41. The van der Waals surface area contributed by atoms with Gasteiger partial charge in [-0.15, -0.1) is 0 Å². The molecule has 0 unspecified atom stereocenters. The molecule has 0 saturated carbocycles. The molecule has 0 amide bonds. The first-order valence-electron chi connectivity index (χ1n) is 12.8. The van der Waals surface area contributed by atoms with Gasteiger partial charge in [-0.25, -0.2) is 4.57 Å². The first kappa shape index (κ1) is 22.6. The van der Waals surface area contributed by atoms with Crippen LogP contribution in [0.5, 0.6) is 0 Å². The number of nitriles is 1. The molecule has 38 heavy (non-hydrogen) atoms. The van der Waals surface area contributed by atoms with E-state index in [1.54, 1.807) is 0 Å². The largest absolute Gasteiger partial charge is 0.455 e. The van der Waals surface area contributed by atoms with Crippen molar-refractivity contribution in [2.45, 2.75) is 20.0 Å². The monoisotopic (exact) mass is 508 g/mol.